The standard InChI is InChI=1S/C10H19NO4/c1-6(2)8(10(13)15-5)11-9(12)7(3)14-4/h6-8H,1-5H3,(H,11,12). The number of carbonyl (C=O) groups is 2. The molecule has 1 N–H and O–H groups in total. The van der Waals surface area contributed by atoms with E-state index in [4.69, 9.17) is 4.74 Å². The number of rotatable bonds is 5. The summed E-state index contributed by atoms with van der Waals surface area (Å²) >= 11 is 0. The third-order valence-corrected chi connectivity index (χ3v) is 2.14. The highest BCUT2D eigenvalue weighted by molar-refractivity contribution is 5.86. The first-order chi connectivity index (χ1) is 6.93. The highest BCUT2D eigenvalue weighted by Gasteiger charge is 2.26. The summed E-state index contributed by atoms with van der Waals surface area (Å²) in [7, 11) is 2.73. The molecule has 5 heteroatoms. The van der Waals surface area contributed by atoms with Crippen molar-refractivity contribution >= 4 is 11.9 Å². The molecule has 2 atom stereocenters. The van der Waals surface area contributed by atoms with Gasteiger partial charge in [0.05, 0.1) is 7.11 Å². The lowest BCUT2D eigenvalue weighted by Crippen LogP contribution is -2.48. The Balaban J connectivity index is 4.42. The van der Waals surface area contributed by atoms with Crippen molar-refractivity contribution in [3.8, 4) is 0 Å². The normalized spacial score (nSPS) is 14.5. The van der Waals surface area contributed by atoms with Crippen LogP contribution in [0.25, 0.3) is 0 Å². The number of methoxy groups -OCH3 is 2. The van der Waals surface area contributed by atoms with Gasteiger partial charge in [0.15, 0.2) is 0 Å². The van der Waals surface area contributed by atoms with Crippen molar-refractivity contribution in [2.45, 2.75) is 32.9 Å². The second-order valence-corrected chi connectivity index (χ2v) is 3.63. The summed E-state index contributed by atoms with van der Waals surface area (Å²) in [6, 6.07) is -0.625. The topological polar surface area (TPSA) is 64.6 Å². The molecule has 0 aromatic rings. The van der Waals surface area contributed by atoms with Gasteiger partial charge in [0.2, 0.25) is 5.91 Å². The average Bonchev–Trinajstić information content (AvgIpc) is 2.22. The van der Waals surface area contributed by atoms with E-state index in [2.05, 4.69) is 10.1 Å². The van der Waals surface area contributed by atoms with Gasteiger partial charge in [0.1, 0.15) is 12.1 Å². The molecule has 0 radical (unpaired) electrons. The Morgan fingerprint density at radius 3 is 2.00 bits per heavy atom. The van der Waals surface area contributed by atoms with Crippen LogP contribution < -0.4 is 5.32 Å². The molecule has 1 amide bonds. The summed E-state index contributed by atoms with van der Waals surface area (Å²) in [6.07, 6.45) is -0.573. The zero-order chi connectivity index (χ0) is 12.0. The molecule has 0 aromatic carbocycles. The number of amides is 1. The van der Waals surface area contributed by atoms with Gasteiger partial charge in [0, 0.05) is 7.11 Å². The molecule has 0 aromatic heterocycles. The number of esters is 1. The molecular weight excluding hydrogens is 198 g/mol. The second kappa shape index (κ2) is 6.40. The largest absolute Gasteiger partial charge is 0.467 e. The molecule has 0 fully saturated rings. The van der Waals surface area contributed by atoms with Crippen molar-refractivity contribution < 1.29 is 19.1 Å². The fourth-order valence-electron chi connectivity index (χ4n) is 1.00. The lowest BCUT2D eigenvalue weighted by Gasteiger charge is -2.21. The van der Waals surface area contributed by atoms with Crippen LogP contribution in [0.1, 0.15) is 20.8 Å². The van der Waals surface area contributed by atoms with E-state index in [1.165, 1.54) is 14.2 Å². The first-order valence-electron chi connectivity index (χ1n) is 4.85. The maximum Gasteiger partial charge on any atom is 0.328 e. The minimum Gasteiger partial charge on any atom is -0.467 e. The van der Waals surface area contributed by atoms with Gasteiger partial charge in [0.25, 0.3) is 0 Å². The molecule has 0 aliphatic carbocycles. The number of carbonyl (C=O) groups excluding carboxylic acids is 2. The zero-order valence-corrected chi connectivity index (χ0v) is 9.87. The predicted molar refractivity (Wildman–Crippen MR) is 55.3 cm³/mol. The molecular formula is C10H19NO4. The van der Waals surface area contributed by atoms with E-state index in [0.717, 1.165) is 0 Å². The van der Waals surface area contributed by atoms with Gasteiger partial charge in [-0.25, -0.2) is 4.79 Å². The Kier molecular flexibility index (Phi) is 5.93. The third-order valence-electron chi connectivity index (χ3n) is 2.14. The molecule has 2 unspecified atom stereocenters. The second-order valence-electron chi connectivity index (χ2n) is 3.63. The van der Waals surface area contributed by atoms with Crippen molar-refractivity contribution in [2.75, 3.05) is 14.2 Å². The van der Waals surface area contributed by atoms with Crippen LogP contribution in [0.3, 0.4) is 0 Å². The van der Waals surface area contributed by atoms with E-state index in [0.29, 0.717) is 0 Å². The first kappa shape index (κ1) is 13.9. The van der Waals surface area contributed by atoms with Gasteiger partial charge >= 0.3 is 5.97 Å². The molecule has 0 spiro atoms. The molecule has 0 aliphatic heterocycles. The van der Waals surface area contributed by atoms with Crippen LogP contribution in [0.15, 0.2) is 0 Å². The number of nitrogens with one attached hydrogen (secondary N) is 1. The molecule has 0 aliphatic rings. The summed E-state index contributed by atoms with van der Waals surface area (Å²) in [4.78, 5) is 22.8. The van der Waals surface area contributed by atoms with Crippen LogP contribution in [-0.2, 0) is 19.1 Å². The van der Waals surface area contributed by atoms with Gasteiger partial charge in [-0.05, 0) is 12.8 Å². The Bertz CT molecular complexity index is 227. The van der Waals surface area contributed by atoms with Crippen LogP contribution in [-0.4, -0.2) is 38.2 Å². The summed E-state index contributed by atoms with van der Waals surface area (Å²) in [5.41, 5.74) is 0. The quantitative estimate of drug-likeness (QED) is 0.674. The van der Waals surface area contributed by atoms with Crippen molar-refractivity contribution in [3.63, 3.8) is 0 Å². The molecule has 88 valence electrons. The Labute approximate surface area is 90.1 Å². The lowest BCUT2D eigenvalue weighted by atomic mass is 10.0. The highest BCUT2D eigenvalue weighted by atomic mass is 16.5. The zero-order valence-electron chi connectivity index (χ0n) is 9.87. The van der Waals surface area contributed by atoms with E-state index in [-0.39, 0.29) is 11.8 Å². The SMILES string of the molecule is COC(=O)C(NC(=O)C(C)OC)C(C)C. The number of hydrogen-bond donors (Lipinski definition) is 1. The molecule has 0 bridgehead atoms. The maximum absolute atomic E-state index is 11.5. The summed E-state index contributed by atoms with van der Waals surface area (Å²) in [5, 5.41) is 2.58. The van der Waals surface area contributed by atoms with Crippen molar-refractivity contribution in [1.29, 1.82) is 0 Å². The smallest absolute Gasteiger partial charge is 0.328 e. The minimum absolute atomic E-state index is 0.0227. The van der Waals surface area contributed by atoms with Crippen molar-refractivity contribution in [2.24, 2.45) is 5.92 Å². The Hall–Kier alpha value is -1.10. The third kappa shape index (κ3) is 4.29. The van der Waals surface area contributed by atoms with Crippen molar-refractivity contribution in [3.05, 3.63) is 0 Å². The maximum atomic E-state index is 11.5. The molecule has 15 heavy (non-hydrogen) atoms. The molecule has 0 rings (SSSR count). The molecule has 0 saturated carbocycles. The van der Waals surface area contributed by atoms with Crippen LogP contribution in [0, 0.1) is 5.92 Å². The van der Waals surface area contributed by atoms with Gasteiger partial charge in [-0.1, -0.05) is 13.8 Å². The fraction of sp³-hybridized carbons (Fsp3) is 0.800. The van der Waals surface area contributed by atoms with Crippen LogP contribution in [0.2, 0.25) is 0 Å². The number of hydrogen-bond acceptors (Lipinski definition) is 4. The summed E-state index contributed by atoms with van der Waals surface area (Å²) in [5.74, 6) is -0.784. The van der Waals surface area contributed by atoms with E-state index in [1.807, 2.05) is 13.8 Å². The Morgan fingerprint density at radius 1 is 1.13 bits per heavy atom. The minimum atomic E-state index is -0.625. The van der Waals surface area contributed by atoms with E-state index >= 15 is 0 Å². The van der Waals surface area contributed by atoms with Gasteiger partial charge in [-0.15, -0.1) is 0 Å². The molecule has 0 heterocycles. The van der Waals surface area contributed by atoms with E-state index < -0.39 is 18.1 Å². The van der Waals surface area contributed by atoms with Crippen LogP contribution in [0.4, 0.5) is 0 Å². The van der Waals surface area contributed by atoms with Gasteiger partial charge in [-0.2, -0.15) is 0 Å². The lowest BCUT2D eigenvalue weighted by molar-refractivity contribution is -0.147. The predicted octanol–water partition coefficient (Wildman–Crippen LogP) is 0.335. The van der Waals surface area contributed by atoms with Crippen molar-refractivity contribution in [1.82, 2.24) is 5.32 Å². The monoisotopic (exact) mass is 217 g/mol. The van der Waals surface area contributed by atoms with Crippen LogP contribution >= 0.6 is 0 Å². The highest BCUT2D eigenvalue weighted by Crippen LogP contribution is 2.04. The average molecular weight is 217 g/mol. The number of ether oxygens (including phenoxy) is 2. The summed E-state index contributed by atoms with van der Waals surface area (Å²) < 4.78 is 9.44. The first-order valence-corrected chi connectivity index (χ1v) is 4.85. The fourth-order valence-corrected chi connectivity index (χ4v) is 1.00. The molecule has 5 nitrogen and oxygen atoms in total. The van der Waals surface area contributed by atoms with E-state index in [9.17, 15) is 9.59 Å². The van der Waals surface area contributed by atoms with Crippen LogP contribution in [0.5, 0.6) is 0 Å². The Morgan fingerprint density at radius 2 is 1.67 bits per heavy atom. The molecule has 0 saturated heterocycles. The summed E-state index contributed by atoms with van der Waals surface area (Å²) in [6.45, 7) is 5.28. The van der Waals surface area contributed by atoms with Gasteiger partial charge in [-0.3, -0.25) is 4.79 Å². The van der Waals surface area contributed by atoms with Gasteiger partial charge < -0.3 is 14.8 Å². The van der Waals surface area contributed by atoms with E-state index in [1.54, 1.807) is 6.92 Å².